The zero-order chi connectivity index (χ0) is 18.3. The van der Waals surface area contributed by atoms with E-state index in [2.05, 4.69) is 5.32 Å². The number of amides is 3. The summed E-state index contributed by atoms with van der Waals surface area (Å²) < 4.78 is 0. The number of carbonyl (C=O) groups is 3. The maximum absolute atomic E-state index is 12.4. The standard InChI is InChI=1S/C20H21N3O3/c21-18(25)20(8-9-20)19(26)22-15-10-17(24)23(12-15)11-14-6-3-5-13-4-1-2-7-16(13)14/h1-7,15H,8-12H2,(H2,21,25)(H,22,26)/t15-/m1/s1. The van der Waals surface area contributed by atoms with Gasteiger partial charge in [-0.15, -0.1) is 0 Å². The Morgan fingerprint density at radius 3 is 2.62 bits per heavy atom. The van der Waals surface area contributed by atoms with Crippen LogP contribution in [0, 0.1) is 5.41 Å². The molecule has 4 rings (SSSR count). The van der Waals surface area contributed by atoms with Crippen molar-refractivity contribution in [2.75, 3.05) is 6.54 Å². The number of nitrogens with one attached hydrogen (secondary N) is 1. The fourth-order valence-electron chi connectivity index (χ4n) is 3.69. The van der Waals surface area contributed by atoms with Crippen LogP contribution in [-0.2, 0) is 20.9 Å². The third kappa shape index (κ3) is 2.81. The van der Waals surface area contributed by atoms with Crippen molar-refractivity contribution < 1.29 is 14.4 Å². The van der Waals surface area contributed by atoms with Gasteiger partial charge < -0.3 is 16.0 Å². The molecule has 6 heteroatoms. The molecule has 2 aromatic rings. The Hall–Kier alpha value is -2.89. The zero-order valence-corrected chi connectivity index (χ0v) is 14.4. The molecule has 1 saturated heterocycles. The molecule has 3 amide bonds. The Morgan fingerprint density at radius 1 is 1.15 bits per heavy atom. The molecule has 1 heterocycles. The number of fused-ring (bicyclic) bond motifs is 1. The van der Waals surface area contributed by atoms with E-state index < -0.39 is 11.3 Å². The second-order valence-corrected chi connectivity index (χ2v) is 7.23. The van der Waals surface area contributed by atoms with Crippen molar-refractivity contribution in [2.24, 2.45) is 11.1 Å². The van der Waals surface area contributed by atoms with Gasteiger partial charge in [-0.3, -0.25) is 14.4 Å². The van der Waals surface area contributed by atoms with Crippen LogP contribution in [0.5, 0.6) is 0 Å². The molecule has 3 N–H and O–H groups in total. The number of rotatable bonds is 5. The van der Waals surface area contributed by atoms with Crippen molar-refractivity contribution in [3.05, 3.63) is 48.0 Å². The number of hydrogen-bond donors (Lipinski definition) is 2. The highest BCUT2D eigenvalue weighted by Gasteiger charge is 2.56. The van der Waals surface area contributed by atoms with Crippen LogP contribution in [-0.4, -0.2) is 35.2 Å². The van der Waals surface area contributed by atoms with Crippen LogP contribution in [0.15, 0.2) is 42.5 Å². The highest BCUT2D eigenvalue weighted by atomic mass is 16.2. The van der Waals surface area contributed by atoms with Crippen molar-refractivity contribution in [3.63, 3.8) is 0 Å². The van der Waals surface area contributed by atoms with Crippen molar-refractivity contribution in [3.8, 4) is 0 Å². The number of likely N-dealkylation sites (tertiary alicyclic amines) is 1. The van der Waals surface area contributed by atoms with Gasteiger partial charge in [0.05, 0.1) is 6.04 Å². The van der Waals surface area contributed by atoms with Crippen LogP contribution < -0.4 is 11.1 Å². The average Bonchev–Trinajstić information content (AvgIpc) is 3.37. The predicted octanol–water partition coefficient (Wildman–Crippen LogP) is 1.32. The van der Waals surface area contributed by atoms with Gasteiger partial charge in [-0.05, 0) is 29.2 Å². The lowest BCUT2D eigenvalue weighted by Gasteiger charge is -2.19. The summed E-state index contributed by atoms with van der Waals surface area (Å²) in [6.07, 6.45) is 1.24. The first-order chi connectivity index (χ1) is 12.5. The van der Waals surface area contributed by atoms with E-state index in [1.165, 1.54) is 0 Å². The second kappa shape index (κ2) is 6.12. The largest absolute Gasteiger partial charge is 0.369 e. The molecule has 134 valence electrons. The first-order valence-corrected chi connectivity index (χ1v) is 8.85. The monoisotopic (exact) mass is 351 g/mol. The normalized spacial score (nSPS) is 21.0. The average molecular weight is 351 g/mol. The molecule has 26 heavy (non-hydrogen) atoms. The van der Waals surface area contributed by atoms with E-state index in [1.54, 1.807) is 4.90 Å². The van der Waals surface area contributed by atoms with Crippen LogP contribution in [0.1, 0.15) is 24.8 Å². The highest BCUT2D eigenvalue weighted by molar-refractivity contribution is 6.07. The third-order valence-corrected chi connectivity index (χ3v) is 5.45. The van der Waals surface area contributed by atoms with Crippen LogP contribution in [0.3, 0.4) is 0 Å². The van der Waals surface area contributed by atoms with E-state index in [0.717, 1.165) is 16.3 Å². The van der Waals surface area contributed by atoms with Gasteiger partial charge in [-0.25, -0.2) is 0 Å². The minimum Gasteiger partial charge on any atom is -0.369 e. The van der Waals surface area contributed by atoms with Gasteiger partial charge in [0.15, 0.2) is 0 Å². The van der Waals surface area contributed by atoms with E-state index >= 15 is 0 Å². The molecule has 1 atom stereocenters. The van der Waals surface area contributed by atoms with Gasteiger partial charge in [0.1, 0.15) is 5.41 Å². The molecular formula is C20H21N3O3. The van der Waals surface area contributed by atoms with Crippen molar-refractivity contribution >= 4 is 28.5 Å². The molecule has 2 aromatic carbocycles. The van der Waals surface area contributed by atoms with E-state index in [0.29, 0.717) is 25.9 Å². The first kappa shape index (κ1) is 16.6. The fraction of sp³-hybridized carbons (Fsp3) is 0.350. The van der Waals surface area contributed by atoms with E-state index in [-0.39, 0.29) is 24.3 Å². The summed E-state index contributed by atoms with van der Waals surface area (Å²) in [5.41, 5.74) is 5.37. The van der Waals surface area contributed by atoms with Crippen LogP contribution >= 0.6 is 0 Å². The number of nitrogens with two attached hydrogens (primary N) is 1. The summed E-state index contributed by atoms with van der Waals surface area (Å²) in [4.78, 5) is 38.0. The van der Waals surface area contributed by atoms with Crippen LogP contribution in [0.25, 0.3) is 10.8 Å². The van der Waals surface area contributed by atoms with Gasteiger partial charge in [-0.2, -0.15) is 0 Å². The van der Waals surface area contributed by atoms with Crippen LogP contribution in [0.2, 0.25) is 0 Å². The van der Waals surface area contributed by atoms with Crippen molar-refractivity contribution in [1.29, 1.82) is 0 Å². The van der Waals surface area contributed by atoms with Crippen molar-refractivity contribution in [1.82, 2.24) is 10.2 Å². The molecule has 0 radical (unpaired) electrons. The Balaban J connectivity index is 1.45. The smallest absolute Gasteiger partial charge is 0.235 e. The van der Waals surface area contributed by atoms with Gasteiger partial charge in [0.2, 0.25) is 17.7 Å². The molecule has 6 nitrogen and oxygen atoms in total. The zero-order valence-electron chi connectivity index (χ0n) is 14.4. The molecular weight excluding hydrogens is 330 g/mol. The summed E-state index contributed by atoms with van der Waals surface area (Å²) in [6.45, 7) is 0.955. The SMILES string of the molecule is NC(=O)C1(C(=O)N[C@@H]2CC(=O)N(Cc3cccc4ccccc34)C2)CC1. The van der Waals surface area contributed by atoms with Gasteiger partial charge >= 0.3 is 0 Å². The number of primary amides is 1. The Morgan fingerprint density at radius 2 is 1.88 bits per heavy atom. The number of benzene rings is 2. The molecule has 0 bridgehead atoms. The summed E-state index contributed by atoms with van der Waals surface area (Å²) in [6, 6.07) is 13.9. The van der Waals surface area contributed by atoms with E-state index in [4.69, 9.17) is 5.73 Å². The Bertz CT molecular complexity index is 899. The minimum atomic E-state index is -1.05. The molecule has 2 aliphatic rings. The van der Waals surface area contributed by atoms with E-state index in [9.17, 15) is 14.4 Å². The third-order valence-electron chi connectivity index (χ3n) is 5.45. The minimum absolute atomic E-state index is 0.00663. The Kier molecular flexibility index (Phi) is 3.90. The van der Waals surface area contributed by atoms with Crippen LogP contribution in [0.4, 0.5) is 0 Å². The lowest BCUT2D eigenvalue weighted by Crippen LogP contribution is -2.45. The Labute approximate surface area is 151 Å². The topological polar surface area (TPSA) is 92.5 Å². The number of hydrogen-bond acceptors (Lipinski definition) is 3. The molecule has 0 spiro atoms. The second-order valence-electron chi connectivity index (χ2n) is 7.23. The summed E-state index contributed by atoms with van der Waals surface area (Å²) in [7, 11) is 0. The predicted molar refractivity (Wildman–Crippen MR) is 96.8 cm³/mol. The van der Waals surface area contributed by atoms with Crippen molar-refractivity contribution in [2.45, 2.75) is 31.8 Å². The summed E-state index contributed by atoms with van der Waals surface area (Å²) in [5, 5.41) is 5.11. The van der Waals surface area contributed by atoms with Gasteiger partial charge in [0.25, 0.3) is 0 Å². The van der Waals surface area contributed by atoms with Gasteiger partial charge in [0, 0.05) is 19.5 Å². The maximum Gasteiger partial charge on any atom is 0.235 e. The quantitative estimate of drug-likeness (QED) is 0.796. The molecule has 0 unspecified atom stereocenters. The molecule has 2 fully saturated rings. The maximum atomic E-state index is 12.4. The number of carbonyl (C=O) groups excluding carboxylic acids is 3. The summed E-state index contributed by atoms with van der Waals surface area (Å²) in [5.74, 6) is -0.908. The lowest BCUT2D eigenvalue weighted by molar-refractivity contribution is -0.135. The van der Waals surface area contributed by atoms with Gasteiger partial charge in [-0.1, -0.05) is 42.5 Å². The fourth-order valence-corrected chi connectivity index (χ4v) is 3.69. The van der Waals surface area contributed by atoms with E-state index in [1.807, 2.05) is 42.5 Å². The molecule has 0 aromatic heterocycles. The first-order valence-electron chi connectivity index (χ1n) is 8.85. The molecule has 1 aliphatic carbocycles. The number of nitrogens with zero attached hydrogens (tertiary/aromatic N) is 1. The molecule has 1 saturated carbocycles. The molecule has 1 aliphatic heterocycles. The lowest BCUT2D eigenvalue weighted by atomic mass is 10.0. The summed E-state index contributed by atoms with van der Waals surface area (Å²) >= 11 is 0. The highest BCUT2D eigenvalue weighted by Crippen LogP contribution is 2.45.